The fraction of sp³-hybridized carbons (Fsp3) is 0.370. The zero-order chi connectivity index (χ0) is 24.8. The molecule has 0 bridgehead atoms. The largest absolute Gasteiger partial charge is 0.497 e. The van der Waals surface area contributed by atoms with Gasteiger partial charge in [-0.15, -0.1) is 0 Å². The first-order chi connectivity index (χ1) is 16.9. The maximum atomic E-state index is 13.3. The smallest absolute Gasteiger partial charge is 0.272 e. The van der Waals surface area contributed by atoms with Crippen LogP contribution in [0.1, 0.15) is 27.3 Å². The number of benzene rings is 2. The number of aryl methyl sites for hydroxylation is 2. The number of amides is 2. The van der Waals surface area contributed by atoms with E-state index in [4.69, 9.17) is 9.47 Å². The molecule has 1 aliphatic heterocycles. The molecule has 2 amide bonds. The Morgan fingerprint density at radius 2 is 1.83 bits per heavy atom. The van der Waals surface area contributed by atoms with Crippen LogP contribution in [0.3, 0.4) is 0 Å². The van der Waals surface area contributed by atoms with Gasteiger partial charge in [-0.1, -0.05) is 42.5 Å². The molecule has 1 atom stereocenters. The van der Waals surface area contributed by atoms with Crippen molar-refractivity contribution in [2.75, 3.05) is 33.3 Å². The third kappa shape index (κ3) is 6.27. The Morgan fingerprint density at radius 1 is 1.06 bits per heavy atom. The molecule has 1 aromatic heterocycles. The lowest BCUT2D eigenvalue weighted by Gasteiger charge is -2.25. The monoisotopic (exact) mass is 476 g/mol. The highest BCUT2D eigenvalue weighted by atomic mass is 16.5. The molecular weight excluding hydrogens is 444 g/mol. The Bertz CT molecular complexity index is 1160. The van der Waals surface area contributed by atoms with E-state index in [-0.39, 0.29) is 24.5 Å². The van der Waals surface area contributed by atoms with Crippen molar-refractivity contribution < 1.29 is 19.1 Å². The van der Waals surface area contributed by atoms with Crippen LogP contribution in [0.4, 0.5) is 0 Å². The van der Waals surface area contributed by atoms with Crippen molar-refractivity contribution in [3.8, 4) is 5.75 Å². The van der Waals surface area contributed by atoms with Crippen molar-refractivity contribution >= 4 is 11.8 Å². The molecule has 1 fully saturated rings. The predicted molar refractivity (Wildman–Crippen MR) is 132 cm³/mol. The standard InChI is InChI=1S/C27H32N4O4/c1-20-14-25(29(2)28-20)27(33)31-17-24(35-19-22-10-7-11-23(15-22)34-3)16-30(26(32)18-31)13-12-21-8-5-4-6-9-21/h4-11,14-15,24H,12-13,16-19H2,1-3H3/t24-/m1/s1. The molecule has 0 N–H and O–H groups in total. The first-order valence-electron chi connectivity index (χ1n) is 11.8. The predicted octanol–water partition coefficient (Wildman–Crippen LogP) is 2.85. The zero-order valence-electron chi connectivity index (χ0n) is 20.5. The Labute approximate surface area is 206 Å². The minimum atomic E-state index is -0.332. The van der Waals surface area contributed by atoms with Gasteiger partial charge in [0.15, 0.2) is 0 Å². The molecule has 8 heteroatoms. The molecule has 1 saturated heterocycles. The molecule has 2 aromatic carbocycles. The van der Waals surface area contributed by atoms with Crippen LogP contribution in [0, 0.1) is 6.92 Å². The molecule has 2 heterocycles. The molecule has 0 radical (unpaired) electrons. The van der Waals surface area contributed by atoms with Crippen molar-refractivity contribution in [2.45, 2.75) is 26.1 Å². The minimum absolute atomic E-state index is 0.0108. The summed E-state index contributed by atoms with van der Waals surface area (Å²) in [5.74, 6) is 0.456. The second-order valence-electron chi connectivity index (χ2n) is 8.84. The quantitative estimate of drug-likeness (QED) is 0.500. The number of carbonyl (C=O) groups excluding carboxylic acids is 2. The van der Waals surface area contributed by atoms with E-state index >= 15 is 0 Å². The lowest BCUT2D eigenvalue weighted by atomic mass is 10.1. The highest BCUT2D eigenvalue weighted by molar-refractivity contribution is 5.95. The molecule has 0 spiro atoms. The highest BCUT2D eigenvalue weighted by Crippen LogP contribution is 2.17. The summed E-state index contributed by atoms with van der Waals surface area (Å²) in [5.41, 5.74) is 3.35. The van der Waals surface area contributed by atoms with Crippen molar-refractivity contribution in [2.24, 2.45) is 7.05 Å². The van der Waals surface area contributed by atoms with E-state index < -0.39 is 0 Å². The van der Waals surface area contributed by atoms with Crippen LogP contribution in [0.25, 0.3) is 0 Å². The van der Waals surface area contributed by atoms with Gasteiger partial charge in [0.2, 0.25) is 5.91 Å². The van der Waals surface area contributed by atoms with E-state index in [2.05, 4.69) is 17.2 Å². The summed E-state index contributed by atoms with van der Waals surface area (Å²) < 4.78 is 13.1. The third-order valence-electron chi connectivity index (χ3n) is 6.17. The lowest BCUT2D eigenvalue weighted by Crippen LogP contribution is -2.40. The average Bonchev–Trinajstić information content (AvgIpc) is 3.12. The maximum absolute atomic E-state index is 13.3. The van der Waals surface area contributed by atoms with Crippen LogP contribution in [0.5, 0.6) is 5.75 Å². The Morgan fingerprint density at radius 3 is 2.54 bits per heavy atom. The summed E-state index contributed by atoms with van der Waals surface area (Å²) in [6.45, 7) is 3.52. The van der Waals surface area contributed by atoms with E-state index in [0.29, 0.717) is 31.9 Å². The van der Waals surface area contributed by atoms with Gasteiger partial charge in [0.05, 0.1) is 25.5 Å². The normalized spacial score (nSPS) is 16.3. The van der Waals surface area contributed by atoms with Crippen molar-refractivity contribution in [3.63, 3.8) is 0 Å². The van der Waals surface area contributed by atoms with Crippen LogP contribution in [-0.2, 0) is 29.6 Å². The van der Waals surface area contributed by atoms with Gasteiger partial charge in [-0.3, -0.25) is 14.3 Å². The second-order valence-corrected chi connectivity index (χ2v) is 8.84. The van der Waals surface area contributed by atoms with Crippen LogP contribution in [0.15, 0.2) is 60.7 Å². The third-order valence-corrected chi connectivity index (χ3v) is 6.17. The molecule has 35 heavy (non-hydrogen) atoms. The lowest BCUT2D eigenvalue weighted by molar-refractivity contribution is -0.131. The minimum Gasteiger partial charge on any atom is -0.497 e. The van der Waals surface area contributed by atoms with E-state index in [9.17, 15) is 9.59 Å². The molecule has 4 rings (SSSR count). The van der Waals surface area contributed by atoms with Gasteiger partial charge in [0.1, 0.15) is 18.0 Å². The second kappa shape index (κ2) is 11.2. The summed E-state index contributed by atoms with van der Waals surface area (Å²) in [7, 11) is 3.37. The summed E-state index contributed by atoms with van der Waals surface area (Å²) in [6, 6.07) is 19.5. The van der Waals surface area contributed by atoms with E-state index in [1.807, 2.05) is 54.3 Å². The fourth-order valence-electron chi connectivity index (χ4n) is 4.31. The number of hydrogen-bond acceptors (Lipinski definition) is 5. The molecule has 8 nitrogen and oxygen atoms in total. The summed E-state index contributed by atoms with van der Waals surface area (Å²) in [4.78, 5) is 29.9. The number of nitrogens with zero attached hydrogens (tertiary/aromatic N) is 4. The number of rotatable bonds is 8. The molecule has 184 valence electrons. The van der Waals surface area contributed by atoms with Gasteiger partial charge >= 0.3 is 0 Å². The van der Waals surface area contributed by atoms with E-state index in [0.717, 1.165) is 29.0 Å². The Balaban J connectivity index is 1.51. The average molecular weight is 477 g/mol. The molecule has 0 unspecified atom stereocenters. The molecule has 1 aliphatic rings. The fourth-order valence-corrected chi connectivity index (χ4v) is 4.31. The zero-order valence-corrected chi connectivity index (χ0v) is 20.5. The maximum Gasteiger partial charge on any atom is 0.272 e. The van der Waals surface area contributed by atoms with Gasteiger partial charge in [0, 0.05) is 26.7 Å². The Hall–Kier alpha value is -3.65. The number of ether oxygens (including phenoxy) is 2. The number of hydrogen-bond donors (Lipinski definition) is 0. The van der Waals surface area contributed by atoms with Crippen molar-refractivity contribution in [1.29, 1.82) is 0 Å². The number of carbonyl (C=O) groups is 2. The van der Waals surface area contributed by atoms with Crippen molar-refractivity contribution in [1.82, 2.24) is 19.6 Å². The van der Waals surface area contributed by atoms with Crippen LogP contribution >= 0.6 is 0 Å². The van der Waals surface area contributed by atoms with Gasteiger partial charge in [-0.05, 0) is 42.7 Å². The molecular formula is C27H32N4O4. The van der Waals surface area contributed by atoms with E-state index in [1.54, 1.807) is 29.8 Å². The first-order valence-corrected chi connectivity index (χ1v) is 11.8. The van der Waals surface area contributed by atoms with Crippen molar-refractivity contribution in [3.05, 3.63) is 83.2 Å². The molecule has 0 saturated carbocycles. The topological polar surface area (TPSA) is 76.9 Å². The summed E-state index contributed by atoms with van der Waals surface area (Å²) in [6.07, 6.45) is 0.408. The van der Waals surface area contributed by atoms with Crippen LogP contribution in [0.2, 0.25) is 0 Å². The first kappa shape index (κ1) is 24.5. The number of methoxy groups -OCH3 is 1. The Kier molecular flexibility index (Phi) is 7.82. The molecule has 0 aliphatic carbocycles. The summed E-state index contributed by atoms with van der Waals surface area (Å²) >= 11 is 0. The highest BCUT2D eigenvalue weighted by Gasteiger charge is 2.32. The summed E-state index contributed by atoms with van der Waals surface area (Å²) in [5, 5.41) is 4.29. The van der Waals surface area contributed by atoms with Gasteiger partial charge < -0.3 is 19.3 Å². The SMILES string of the molecule is COc1cccc(CO[C@@H]2CN(CCc3ccccc3)C(=O)CN(C(=O)c3cc(C)nn3C)C2)c1. The number of aromatic nitrogens is 2. The van der Waals surface area contributed by atoms with Crippen LogP contribution < -0.4 is 4.74 Å². The van der Waals surface area contributed by atoms with Gasteiger partial charge in [-0.25, -0.2) is 0 Å². The van der Waals surface area contributed by atoms with Crippen LogP contribution in [-0.4, -0.2) is 70.8 Å². The van der Waals surface area contributed by atoms with Gasteiger partial charge in [0.25, 0.3) is 5.91 Å². The molecule has 3 aromatic rings. The van der Waals surface area contributed by atoms with Gasteiger partial charge in [-0.2, -0.15) is 5.10 Å². The van der Waals surface area contributed by atoms with E-state index in [1.165, 1.54) is 0 Å².